The number of aromatic amines is 1. The molecule has 1 aliphatic heterocycles. The van der Waals surface area contributed by atoms with Gasteiger partial charge in [-0.15, -0.1) is 0 Å². The molecule has 1 amide bonds. The van der Waals surface area contributed by atoms with Gasteiger partial charge in [0.25, 0.3) is 16.0 Å². The molecule has 0 saturated carbocycles. The maximum absolute atomic E-state index is 12.4. The van der Waals surface area contributed by atoms with Crippen LogP contribution in [0.5, 0.6) is 0 Å². The summed E-state index contributed by atoms with van der Waals surface area (Å²) in [7, 11) is -2.17. The summed E-state index contributed by atoms with van der Waals surface area (Å²) in [4.78, 5) is 19.0. The van der Waals surface area contributed by atoms with Gasteiger partial charge >= 0.3 is 0 Å². The Kier molecular flexibility index (Phi) is 6.65. The van der Waals surface area contributed by atoms with Crippen LogP contribution in [0.3, 0.4) is 0 Å². The quantitative estimate of drug-likeness (QED) is 0.324. The van der Waals surface area contributed by atoms with E-state index in [0.717, 1.165) is 40.1 Å². The first-order valence-corrected chi connectivity index (χ1v) is 10.3. The van der Waals surface area contributed by atoms with Crippen LogP contribution in [-0.4, -0.2) is 74.3 Å². The SMILES string of the molecule is CS(=O)(=O)O.Cc1ccc(N2CCOCC2)c2[nH]c(C(=O)N(C)C(=N)N)cc12. The highest BCUT2D eigenvalue weighted by molar-refractivity contribution is 7.85. The summed E-state index contributed by atoms with van der Waals surface area (Å²) in [6.07, 6.45) is 0.715. The van der Waals surface area contributed by atoms with Crippen LogP contribution in [0.2, 0.25) is 0 Å². The number of benzene rings is 1. The predicted molar refractivity (Wildman–Crippen MR) is 108 cm³/mol. The number of fused-ring (bicyclic) bond motifs is 1. The van der Waals surface area contributed by atoms with Crippen LogP contribution in [0.1, 0.15) is 16.1 Å². The third-order valence-corrected chi connectivity index (χ3v) is 4.24. The van der Waals surface area contributed by atoms with Crippen LogP contribution >= 0.6 is 0 Å². The van der Waals surface area contributed by atoms with Crippen molar-refractivity contribution >= 4 is 38.6 Å². The van der Waals surface area contributed by atoms with Crippen LogP contribution in [0.15, 0.2) is 18.2 Å². The maximum Gasteiger partial charge on any atom is 0.276 e. The Morgan fingerprint density at radius 3 is 2.46 bits per heavy atom. The molecule has 0 radical (unpaired) electrons. The zero-order chi connectivity index (χ0) is 21.1. The number of amides is 1. The summed E-state index contributed by atoms with van der Waals surface area (Å²) in [6.45, 7) is 5.08. The number of nitrogens with zero attached hydrogens (tertiary/aromatic N) is 2. The molecule has 0 spiro atoms. The standard InChI is InChI=1S/C16H21N5O2.CH4O3S/c1-10-3-4-13(21-5-7-23-8-6-21)14-11(10)9-12(19-14)15(22)20(2)16(17)18;1-5(2,3)4/h3-4,9,19H,5-8H2,1-2H3,(H3,17,18);1H3,(H,2,3,4). The van der Waals surface area contributed by atoms with Crippen LogP contribution in [0.25, 0.3) is 10.9 Å². The number of hydrogen-bond acceptors (Lipinski definition) is 6. The number of morpholine rings is 1. The minimum absolute atomic E-state index is 0.279. The van der Waals surface area contributed by atoms with Crippen molar-refractivity contribution in [3.8, 4) is 0 Å². The molecule has 1 saturated heterocycles. The van der Waals surface area contributed by atoms with Gasteiger partial charge in [0.15, 0.2) is 5.96 Å². The lowest BCUT2D eigenvalue weighted by Crippen LogP contribution is -2.38. The van der Waals surface area contributed by atoms with E-state index in [-0.39, 0.29) is 11.9 Å². The van der Waals surface area contributed by atoms with Crippen molar-refractivity contribution in [1.29, 1.82) is 5.41 Å². The molecule has 5 N–H and O–H groups in total. The molecule has 2 heterocycles. The van der Waals surface area contributed by atoms with E-state index in [1.54, 1.807) is 0 Å². The first-order valence-electron chi connectivity index (χ1n) is 8.48. The average Bonchev–Trinajstić information content (AvgIpc) is 3.06. The molecule has 10 nitrogen and oxygen atoms in total. The Balaban J connectivity index is 0.000000500. The van der Waals surface area contributed by atoms with Crippen LogP contribution in [0.4, 0.5) is 5.69 Å². The lowest BCUT2D eigenvalue weighted by atomic mass is 10.1. The smallest absolute Gasteiger partial charge is 0.276 e. The van der Waals surface area contributed by atoms with Crippen LogP contribution in [-0.2, 0) is 14.9 Å². The van der Waals surface area contributed by atoms with Crippen LogP contribution in [0, 0.1) is 12.3 Å². The number of aryl methyl sites for hydroxylation is 1. The van der Waals surface area contributed by atoms with Crippen molar-refractivity contribution in [2.75, 3.05) is 44.5 Å². The topological polar surface area (TPSA) is 153 Å². The molecular weight excluding hydrogens is 386 g/mol. The van der Waals surface area contributed by atoms with Crippen molar-refractivity contribution in [3.63, 3.8) is 0 Å². The number of ether oxygens (including phenoxy) is 1. The van der Waals surface area contributed by atoms with Gasteiger partial charge in [-0.2, -0.15) is 8.42 Å². The fourth-order valence-electron chi connectivity index (χ4n) is 2.82. The fourth-order valence-corrected chi connectivity index (χ4v) is 2.82. The molecule has 1 fully saturated rings. The molecule has 0 atom stereocenters. The van der Waals surface area contributed by atoms with E-state index in [4.69, 9.17) is 20.4 Å². The van der Waals surface area contributed by atoms with Crippen molar-refractivity contribution in [2.45, 2.75) is 6.92 Å². The first kappa shape index (κ1) is 21.7. The minimum atomic E-state index is -3.67. The largest absolute Gasteiger partial charge is 0.378 e. The van der Waals surface area contributed by atoms with E-state index in [1.807, 2.05) is 13.0 Å². The van der Waals surface area contributed by atoms with Crippen molar-refractivity contribution < 1.29 is 22.5 Å². The molecule has 0 aliphatic carbocycles. The minimum Gasteiger partial charge on any atom is -0.378 e. The third kappa shape index (κ3) is 5.44. The van der Waals surface area contributed by atoms with E-state index in [9.17, 15) is 13.2 Å². The zero-order valence-electron chi connectivity index (χ0n) is 16.0. The highest BCUT2D eigenvalue weighted by Gasteiger charge is 2.20. The van der Waals surface area contributed by atoms with E-state index in [1.165, 1.54) is 7.05 Å². The molecule has 154 valence electrons. The molecular formula is C17H25N5O5S. The second kappa shape index (κ2) is 8.59. The Morgan fingerprint density at radius 1 is 1.36 bits per heavy atom. The van der Waals surface area contributed by atoms with E-state index in [0.29, 0.717) is 25.2 Å². The first-order chi connectivity index (χ1) is 13.0. The molecule has 3 rings (SSSR count). The van der Waals surface area contributed by atoms with Gasteiger partial charge in [0, 0.05) is 25.5 Å². The number of carbonyl (C=O) groups excluding carboxylic acids is 1. The van der Waals surface area contributed by atoms with Gasteiger partial charge in [-0.1, -0.05) is 6.07 Å². The van der Waals surface area contributed by atoms with E-state index in [2.05, 4.69) is 22.0 Å². The summed E-state index contributed by atoms with van der Waals surface area (Å²) in [5, 5.41) is 8.41. The highest BCUT2D eigenvalue weighted by atomic mass is 32.2. The molecule has 2 aromatic rings. The van der Waals surface area contributed by atoms with Gasteiger partial charge in [0.1, 0.15) is 5.69 Å². The number of anilines is 1. The number of carbonyl (C=O) groups is 1. The number of rotatable bonds is 2. The fraction of sp³-hybridized carbons (Fsp3) is 0.412. The van der Waals surface area contributed by atoms with Crippen molar-refractivity contribution in [1.82, 2.24) is 9.88 Å². The Labute approximate surface area is 163 Å². The lowest BCUT2D eigenvalue weighted by Gasteiger charge is -2.29. The number of guanidine groups is 1. The van der Waals surface area contributed by atoms with E-state index >= 15 is 0 Å². The molecule has 1 aromatic carbocycles. The second-order valence-corrected chi connectivity index (χ2v) is 7.92. The summed E-state index contributed by atoms with van der Waals surface area (Å²) < 4.78 is 31.3. The summed E-state index contributed by atoms with van der Waals surface area (Å²) >= 11 is 0. The Hall–Kier alpha value is -2.63. The molecule has 1 aromatic heterocycles. The van der Waals surface area contributed by atoms with Gasteiger partial charge in [-0.3, -0.25) is 19.7 Å². The van der Waals surface area contributed by atoms with Gasteiger partial charge in [-0.25, -0.2) is 0 Å². The number of H-pyrrole nitrogens is 1. The molecule has 1 aliphatic rings. The Bertz CT molecular complexity index is 971. The monoisotopic (exact) mass is 411 g/mol. The van der Waals surface area contributed by atoms with Gasteiger partial charge in [0.2, 0.25) is 0 Å². The van der Waals surface area contributed by atoms with Gasteiger partial charge < -0.3 is 20.4 Å². The van der Waals surface area contributed by atoms with Gasteiger partial charge in [0.05, 0.1) is 30.7 Å². The summed E-state index contributed by atoms with van der Waals surface area (Å²) in [5.74, 6) is -0.597. The third-order valence-electron chi connectivity index (χ3n) is 4.24. The number of hydrogen-bond donors (Lipinski definition) is 4. The zero-order valence-corrected chi connectivity index (χ0v) is 16.8. The maximum atomic E-state index is 12.4. The van der Waals surface area contributed by atoms with Gasteiger partial charge in [-0.05, 0) is 24.6 Å². The Morgan fingerprint density at radius 2 is 1.93 bits per heavy atom. The van der Waals surface area contributed by atoms with Crippen LogP contribution < -0.4 is 10.6 Å². The second-order valence-electron chi connectivity index (χ2n) is 6.46. The summed E-state index contributed by atoms with van der Waals surface area (Å²) in [6, 6.07) is 5.96. The number of nitrogens with one attached hydrogen (secondary N) is 2. The number of aromatic nitrogens is 1. The van der Waals surface area contributed by atoms with Crippen molar-refractivity contribution in [3.05, 3.63) is 29.5 Å². The summed E-state index contributed by atoms with van der Waals surface area (Å²) in [5.41, 5.74) is 8.93. The molecule has 0 bridgehead atoms. The van der Waals surface area contributed by atoms with E-state index < -0.39 is 10.1 Å². The highest BCUT2D eigenvalue weighted by Crippen LogP contribution is 2.30. The normalized spacial score (nSPS) is 14.4. The lowest BCUT2D eigenvalue weighted by molar-refractivity contribution is 0.0864. The predicted octanol–water partition coefficient (Wildman–Crippen LogP) is 0.782. The van der Waals surface area contributed by atoms with Crippen molar-refractivity contribution in [2.24, 2.45) is 5.73 Å². The molecule has 28 heavy (non-hydrogen) atoms. The number of nitrogens with two attached hydrogens (primary N) is 1. The molecule has 0 unspecified atom stereocenters. The molecule has 11 heteroatoms. The average molecular weight is 411 g/mol.